The molecular formula is C11H21O2. The molecule has 0 amide bonds. The van der Waals surface area contributed by atoms with Crippen molar-refractivity contribution < 1.29 is 9.53 Å². The Kier molecular flexibility index (Phi) is 9.17. The number of carbonyl (C=O) groups excluding carboxylic acids is 1. The lowest BCUT2D eigenvalue weighted by Crippen LogP contribution is -2.05. The maximum Gasteiger partial charge on any atom is 0.305 e. The summed E-state index contributed by atoms with van der Waals surface area (Å²) in [6.45, 7) is 6.43. The monoisotopic (exact) mass is 185 g/mol. The van der Waals surface area contributed by atoms with Gasteiger partial charge in [-0.25, -0.2) is 0 Å². The molecule has 0 saturated heterocycles. The van der Waals surface area contributed by atoms with Crippen molar-refractivity contribution in [1.82, 2.24) is 0 Å². The van der Waals surface area contributed by atoms with Crippen molar-refractivity contribution in [3.8, 4) is 0 Å². The van der Waals surface area contributed by atoms with Gasteiger partial charge in [-0.2, -0.15) is 0 Å². The Morgan fingerprint density at radius 2 is 2.00 bits per heavy atom. The van der Waals surface area contributed by atoms with E-state index in [9.17, 15) is 4.79 Å². The minimum Gasteiger partial charge on any atom is -0.466 e. The van der Waals surface area contributed by atoms with Crippen LogP contribution in [-0.4, -0.2) is 12.6 Å². The van der Waals surface area contributed by atoms with E-state index in [2.05, 4.69) is 13.8 Å². The minimum absolute atomic E-state index is 0.0693. The van der Waals surface area contributed by atoms with E-state index < -0.39 is 0 Å². The lowest BCUT2D eigenvalue weighted by Gasteiger charge is -2.03. The Balaban J connectivity index is 3.08. The lowest BCUT2D eigenvalue weighted by molar-refractivity contribution is -0.143. The summed E-state index contributed by atoms with van der Waals surface area (Å²) in [6, 6.07) is 0. The fourth-order valence-corrected chi connectivity index (χ4v) is 1.06. The summed E-state index contributed by atoms with van der Waals surface area (Å²) in [6.07, 6.45) is 6.80. The molecule has 0 aliphatic heterocycles. The third-order valence-electron chi connectivity index (χ3n) is 1.89. The van der Waals surface area contributed by atoms with Crippen LogP contribution in [0, 0.1) is 6.92 Å². The summed E-state index contributed by atoms with van der Waals surface area (Å²) < 4.78 is 5.02. The first kappa shape index (κ1) is 12.5. The fourth-order valence-electron chi connectivity index (χ4n) is 1.06. The van der Waals surface area contributed by atoms with Crippen molar-refractivity contribution in [3.63, 3.8) is 0 Å². The number of ether oxygens (including phenoxy) is 1. The predicted octanol–water partition coefficient (Wildman–Crippen LogP) is 3.11. The average Bonchev–Trinajstić information content (AvgIpc) is 2.14. The highest BCUT2D eigenvalue weighted by atomic mass is 16.5. The van der Waals surface area contributed by atoms with Gasteiger partial charge >= 0.3 is 5.97 Å². The summed E-state index contributed by atoms with van der Waals surface area (Å²) in [5, 5.41) is 0. The fraction of sp³-hybridized carbons (Fsp3) is 0.818. The van der Waals surface area contributed by atoms with Crippen LogP contribution >= 0.6 is 0 Å². The number of hydrogen-bond acceptors (Lipinski definition) is 2. The van der Waals surface area contributed by atoms with Gasteiger partial charge in [-0.1, -0.05) is 39.5 Å². The number of esters is 1. The van der Waals surface area contributed by atoms with E-state index in [0.29, 0.717) is 13.0 Å². The van der Waals surface area contributed by atoms with E-state index >= 15 is 0 Å². The van der Waals surface area contributed by atoms with Gasteiger partial charge in [-0.3, -0.25) is 4.79 Å². The maximum absolute atomic E-state index is 11.0. The molecule has 0 heterocycles. The summed E-state index contributed by atoms with van der Waals surface area (Å²) in [5.41, 5.74) is 0. The first-order valence-corrected chi connectivity index (χ1v) is 5.26. The summed E-state index contributed by atoms with van der Waals surface area (Å²) in [7, 11) is 0. The Labute approximate surface area is 81.7 Å². The number of hydrogen-bond donors (Lipinski definition) is 0. The smallest absolute Gasteiger partial charge is 0.305 e. The molecule has 0 rings (SSSR count). The zero-order valence-corrected chi connectivity index (χ0v) is 8.68. The van der Waals surface area contributed by atoms with Crippen LogP contribution in [0.5, 0.6) is 0 Å². The molecule has 0 spiro atoms. The van der Waals surface area contributed by atoms with Crippen molar-refractivity contribution in [1.29, 1.82) is 0 Å². The molecule has 13 heavy (non-hydrogen) atoms. The molecule has 0 aromatic rings. The molecule has 0 fully saturated rings. The Bertz CT molecular complexity index is 121. The van der Waals surface area contributed by atoms with Gasteiger partial charge in [-0.05, 0) is 12.8 Å². The maximum atomic E-state index is 11.0. The van der Waals surface area contributed by atoms with E-state index in [1.165, 1.54) is 19.3 Å². The third-order valence-corrected chi connectivity index (χ3v) is 1.89. The highest BCUT2D eigenvalue weighted by molar-refractivity contribution is 5.69. The molecule has 0 N–H and O–H groups in total. The molecule has 0 aliphatic carbocycles. The molecule has 77 valence electrons. The predicted molar refractivity (Wildman–Crippen MR) is 54.3 cm³/mol. The van der Waals surface area contributed by atoms with Gasteiger partial charge < -0.3 is 4.74 Å². The van der Waals surface area contributed by atoms with Crippen molar-refractivity contribution >= 4 is 5.97 Å². The zero-order valence-electron chi connectivity index (χ0n) is 8.68. The molecule has 0 saturated carbocycles. The van der Waals surface area contributed by atoms with Crippen molar-refractivity contribution in [3.05, 3.63) is 6.92 Å². The highest BCUT2D eigenvalue weighted by Crippen LogP contribution is 2.01. The van der Waals surface area contributed by atoms with Crippen LogP contribution in [0.1, 0.15) is 51.9 Å². The molecule has 0 aromatic heterocycles. The molecule has 0 atom stereocenters. The van der Waals surface area contributed by atoms with Crippen LogP contribution in [0.3, 0.4) is 0 Å². The van der Waals surface area contributed by atoms with Gasteiger partial charge in [0.1, 0.15) is 0 Å². The SMILES string of the molecule is [CH2]CCCC(=O)OCCCCCC. The average molecular weight is 185 g/mol. The van der Waals surface area contributed by atoms with Gasteiger partial charge in [-0.15, -0.1) is 0 Å². The summed E-state index contributed by atoms with van der Waals surface area (Å²) in [4.78, 5) is 11.0. The molecular weight excluding hydrogens is 164 g/mol. The van der Waals surface area contributed by atoms with Crippen molar-refractivity contribution in [2.24, 2.45) is 0 Å². The standard InChI is InChI=1S/C11H21O2/c1-3-5-7-8-10-13-11(12)9-6-4-2/h2-10H2,1H3. The van der Waals surface area contributed by atoms with Crippen molar-refractivity contribution in [2.45, 2.75) is 51.9 Å². The number of unbranched alkanes of at least 4 members (excludes halogenated alkanes) is 4. The van der Waals surface area contributed by atoms with E-state index in [0.717, 1.165) is 19.3 Å². The van der Waals surface area contributed by atoms with Crippen LogP contribution in [-0.2, 0) is 9.53 Å². The van der Waals surface area contributed by atoms with E-state index in [-0.39, 0.29) is 5.97 Å². The lowest BCUT2D eigenvalue weighted by atomic mass is 10.2. The Morgan fingerprint density at radius 1 is 1.23 bits per heavy atom. The molecule has 2 heteroatoms. The first-order valence-electron chi connectivity index (χ1n) is 5.26. The van der Waals surface area contributed by atoms with Crippen LogP contribution in [0.15, 0.2) is 0 Å². The molecule has 0 bridgehead atoms. The van der Waals surface area contributed by atoms with E-state index in [1.807, 2.05) is 0 Å². The highest BCUT2D eigenvalue weighted by Gasteiger charge is 2.00. The minimum atomic E-state index is -0.0693. The van der Waals surface area contributed by atoms with Gasteiger partial charge in [0.25, 0.3) is 0 Å². The van der Waals surface area contributed by atoms with Crippen LogP contribution in [0.4, 0.5) is 0 Å². The van der Waals surface area contributed by atoms with Gasteiger partial charge in [0.05, 0.1) is 6.61 Å². The zero-order chi connectivity index (χ0) is 9.94. The molecule has 0 aliphatic rings. The second-order valence-electron chi connectivity index (χ2n) is 3.24. The largest absolute Gasteiger partial charge is 0.466 e. The molecule has 2 nitrogen and oxygen atoms in total. The number of rotatable bonds is 8. The summed E-state index contributed by atoms with van der Waals surface area (Å²) >= 11 is 0. The second-order valence-corrected chi connectivity index (χ2v) is 3.24. The topological polar surface area (TPSA) is 26.3 Å². The quantitative estimate of drug-likeness (QED) is 0.429. The molecule has 0 aromatic carbocycles. The Hall–Kier alpha value is -0.530. The summed E-state index contributed by atoms with van der Waals surface area (Å²) in [5.74, 6) is -0.0693. The molecule has 1 radical (unpaired) electrons. The van der Waals surface area contributed by atoms with E-state index in [4.69, 9.17) is 4.74 Å². The molecule has 0 unspecified atom stereocenters. The third kappa shape index (κ3) is 9.38. The van der Waals surface area contributed by atoms with Crippen molar-refractivity contribution in [2.75, 3.05) is 6.61 Å². The van der Waals surface area contributed by atoms with Crippen LogP contribution < -0.4 is 0 Å². The van der Waals surface area contributed by atoms with Gasteiger partial charge in [0, 0.05) is 6.42 Å². The second kappa shape index (κ2) is 9.56. The van der Waals surface area contributed by atoms with Crippen LogP contribution in [0.25, 0.3) is 0 Å². The van der Waals surface area contributed by atoms with Crippen LogP contribution in [0.2, 0.25) is 0 Å². The first-order chi connectivity index (χ1) is 6.31. The van der Waals surface area contributed by atoms with Gasteiger partial charge in [0.2, 0.25) is 0 Å². The Morgan fingerprint density at radius 3 is 2.62 bits per heavy atom. The number of carbonyl (C=O) groups is 1. The normalized spacial score (nSPS) is 10.0. The van der Waals surface area contributed by atoms with E-state index in [1.54, 1.807) is 0 Å². The van der Waals surface area contributed by atoms with Gasteiger partial charge in [0.15, 0.2) is 0 Å².